The molecule has 19 heavy (non-hydrogen) atoms. The minimum Gasteiger partial charge on any atom is -0.488 e. The number of hydrogen-bond acceptors (Lipinski definition) is 3. The lowest BCUT2D eigenvalue weighted by Crippen LogP contribution is -2.22. The molecule has 1 aromatic heterocycles. The van der Waals surface area contributed by atoms with Crippen LogP contribution >= 0.6 is 0 Å². The van der Waals surface area contributed by atoms with Gasteiger partial charge in [-0.05, 0) is 64.4 Å². The Morgan fingerprint density at radius 3 is 2.47 bits per heavy atom. The predicted molar refractivity (Wildman–Crippen MR) is 79.5 cm³/mol. The van der Waals surface area contributed by atoms with Crippen LogP contribution in [0.2, 0.25) is 0 Å². The summed E-state index contributed by atoms with van der Waals surface area (Å²) >= 11 is 0. The second-order valence-corrected chi connectivity index (χ2v) is 6.05. The van der Waals surface area contributed by atoms with E-state index in [4.69, 9.17) is 10.5 Å². The number of ether oxygens (including phenoxy) is 1. The van der Waals surface area contributed by atoms with Gasteiger partial charge in [-0.2, -0.15) is 0 Å². The molecule has 0 radical (unpaired) electrons. The maximum absolute atomic E-state index is 5.90. The van der Waals surface area contributed by atoms with Crippen LogP contribution in [0.1, 0.15) is 45.0 Å². The van der Waals surface area contributed by atoms with E-state index in [0.717, 1.165) is 22.3 Å². The molecule has 0 saturated carbocycles. The summed E-state index contributed by atoms with van der Waals surface area (Å²) in [4.78, 5) is 4.59. The van der Waals surface area contributed by atoms with Crippen molar-refractivity contribution in [1.82, 2.24) is 4.98 Å². The smallest absolute Gasteiger partial charge is 0.120 e. The fourth-order valence-electron chi connectivity index (χ4n) is 2.05. The van der Waals surface area contributed by atoms with Crippen LogP contribution in [0.3, 0.4) is 0 Å². The highest BCUT2D eigenvalue weighted by atomic mass is 16.5. The zero-order valence-electron chi connectivity index (χ0n) is 12.3. The molecule has 0 aliphatic heterocycles. The van der Waals surface area contributed by atoms with Gasteiger partial charge >= 0.3 is 0 Å². The van der Waals surface area contributed by atoms with Gasteiger partial charge in [-0.1, -0.05) is 0 Å². The third-order valence-electron chi connectivity index (χ3n) is 2.90. The molecule has 2 N–H and O–H groups in total. The Kier molecular flexibility index (Phi) is 3.50. The molecule has 0 saturated heterocycles. The normalized spacial score (nSPS) is 13.6. The van der Waals surface area contributed by atoms with Crippen LogP contribution in [-0.4, -0.2) is 10.6 Å². The molecule has 3 nitrogen and oxygen atoms in total. The Balaban J connectivity index is 2.49. The van der Waals surface area contributed by atoms with Crippen LogP contribution in [0.4, 0.5) is 0 Å². The molecule has 1 aromatic carbocycles. The molecular formula is C16H22N2O. The number of aromatic nitrogens is 1. The van der Waals surface area contributed by atoms with E-state index in [9.17, 15) is 0 Å². The van der Waals surface area contributed by atoms with Crippen LogP contribution < -0.4 is 10.5 Å². The molecule has 1 atom stereocenters. The molecule has 3 heteroatoms. The summed E-state index contributed by atoms with van der Waals surface area (Å²) in [7, 11) is 0. The summed E-state index contributed by atoms with van der Waals surface area (Å²) in [5.41, 5.74) is 8.78. The first-order chi connectivity index (χ1) is 8.76. The lowest BCUT2D eigenvalue weighted by atomic mass is 10.1. The fourth-order valence-corrected chi connectivity index (χ4v) is 2.05. The van der Waals surface area contributed by atoms with E-state index in [2.05, 4.69) is 11.9 Å². The van der Waals surface area contributed by atoms with Gasteiger partial charge in [0.1, 0.15) is 11.4 Å². The van der Waals surface area contributed by atoms with Gasteiger partial charge in [-0.3, -0.25) is 4.98 Å². The fraction of sp³-hybridized carbons (Fsp3) is 0.438. The van der Waals surface area contributed by atoms with Gasteiger partial charge < -0.3 is 10.5 Å². The van der Waals surface area contributed by atoms with E-state index < -0.39 is 0 Å². The number of nitrogens with zero attached hydrogens (tertiary/aromatic N) is 1. The van der Waals surface area contributed by atoms with Crippen molar-refractivity contribution >= 4 is 10.9 Å². The van der Waals surface area contributed by atoms with E-state index >= 15 is 0 Å². The number of rotatable bonds is 2. The van der Waals surface area contributed by atoms with E-state index in [0.29, 0.717) is 0 Å². The molecule has 0 amide bonds. The highest BCUT2D eigenvalue weighted by Crippen LogP contribution is 2.26. The molecule has 1 unspecified atom stereocenters. The first-order valence-electron chi connectivity index (χ1n) is 6.62. The van der Waals surface area contributed by atoms with Crippen molar-refractivity contribution in [3.8, 4) is 5.75 Å². The van der Waals surface area contributed by atoms with E-state index in [1.807, 2.05) is 52.0 Å². The van der Waals surface area contributed by atoms with Crippen molar-refractivity contribution in [3.63, 3.8) is 0 Å². The Hall–Kier alpha value is -1.61. The molecule has 0 aliphatic rings. The molecule has 0 spiro atoms. The highest BCUT2D eigenvalue weighted by Gasteiger charge is 2.13. The lowest BCUT2D eigenvalue weighted by Gasteiger charge is -2.21. The zero-order valence-corrected chi connectivity index (χ0v) is 12.3. The molecule has 102 valence electrons. The standard InChI is InChI=1S/C16H22N2O/c1-10-8-15(11(2)17)18-14-7-6-12(9-13(10)14)19-16(3,4)5/h6-9,11H,17H2,1-5H3. The van der Waals surface area contributed by atoms with Crippen molar-refractivity contribution in [1.29, 1.82) is 0 Å². The third-order valence-corrected chi connectivity index (χ3v) is 2.90. The zero-order chi connectivity index (χ0) is 14.2. The average molecular weight is 258 g/mol. The highest BCUT2D eigenvalue weighted by molar-refractivity contribution is 5.83. The van der Waals surface area contributed by atoms with Crippen LogP contribution in [-0.2, 0) is 0 Å². The summed E-state index contributed by atoms with van der Waals surface area (Å²) in [5, 5.41) is 1.12. The van der Waals surface area contributed by atoms with Gasteiger partial charge in [0.25, 0.3) is 0 Å². The second-order valence-electron chi connectivity index (χ2n) is 6.05. The molecule has 0 bridgehead atoms. The largest absolute Gasteiger partial charge is 0.488 e. The van der Waals surface area contributed by atoms with Gasteiger partial charge in [-0.15, -0.1) is 0 Å². The Morgan fingerprint density at radius 1 is 1.21 bits per heavy atom. The summed E-state index contributed by atoms with van der Waals surface area (Å²) in [6.07, 6.45) is 0. The molecular weight excluding hydrogens is 236 g/mol. The predicted octanol–water partition coefficient (Wildman–Crippen LogP) is 3.74. The number of benzene rings is 1. The molecule has 0 fully saturated rings. The summed E-state index contributed by atoms with van der Waals surface area (Å²) in [5.74, 6) is 0.874. The number of fused-ring (bicyclic) bond motifs is 1. The average Bonchev–Trinajstić information content (AvgIpc) is 2.27. The summed E-state index contributed by atoms with van der Waals surface area (Å²) in [6, 6.07) is 8.01. The van der Waals surface area contributed by atoms with E-state index in [1.165, 1.54) is 5.56 Å². The van der Waals surface area contributed by atoms with Crippen molar-refractivity contribution in [2.24, 2.45) is 5.73 Å². The Labute approximate surface area is 114 Å². The first kappa shape index (κ1) is 13.8. The monoisotopic (exact) mass is 258 g/mol. The second kappa shape index (κ2) is 4.82. The van der Waals surface area contributed by atoms with Gasteiger partial charge in [0, 0.05) is 11.4 Å². The van der Waals surface area contributed by atoms with Gasteiger partial charge in [0.05, 0.1) is 11.2 Å². The van der Waals surface area contributed by atoms with Crippen LogP contribution in [0.5, 0.6) is 5.75 Å². The Morgan fingerprint density at radius 2 is 1.89 bits per heavy atom. The van der Waals surface area contributed by atoms with Crippen molar-refractivity contribution in [2.75, 3.05) is 0 Å². The molecule has 0 aliphatic carbocycles. The van der Waals surface area contributed by atoms with Crippen molar-refractivity contribution in [2.45, 2.75) is 46.3 Å². The van der Waals surface area contributed by atoms with Gasteiger partial charge in [0.2, 0.25) is 0 Å². The first-order valence-corrected chi connectivity index (χ1v) is 6.62. The number of pyridine rings is 1. The number of aryl methyl sites for hydroxylation is 1. The molecule has 1 heterocycles. The van der Waals surface area contributed by atoms with E-state index in [-0.39, 0.29) is 11.6 Å². The quantitative estimate of drug-likeness (QED) is 0.892. The lowest BCUT2D eigenvalue weighted by molar-refractivity contribution is 0.131. The van der Waals surface area contributed by atoms with Gasteiger partial charge in [0.15, 0.2) is 0 Å². The van der Waals surface area contributed by atoms with Gasteiger partial charge in [-0.25, -0.2) is 0 Å². The minimum absolute atomic E-state index is 0.0476. The van der Waals surface area contributed by atoms with Crippen LogP contribution in [0.15, 0.2) is 24.3 Å². The Bertz CT molecular complexity index is 597. The van der Waals surface area contributed by atoms with Crippen LogP contribution in [0, 0.1) is 6.92 Å². The maximum atomic E-state index is 5.90. The topological polar surface area (TPSA) is 48.1 Å². The van der Waals surface area contributed by atoms with Crippen molar-refractivity contribution < 1.29 is 4.74 Å². The van der Waals surface area contributed by atoms with Crippen molar-refractivity contribution in [3.05, 3.63) is 35.5 Å². The summed E-state index contributed by atoms with van der Waals surface area (Å²) in [6.45, 7) is 10.2. The van der Waals surface area contributed by atoms with Crippen LogP contribution in [0.25, 0.3) is 10.9 Å². The molecule has 2 aromatic rings. The molecule has 2 rings (SSSR count). The maximum Gasteiger partial charge on any atom is 0.120 e. The SMILES string of the molecule is Cc1cc(C(C)N)nc2ccc(OC(C)(C)C)cc12. The number of hydrogen-bond donors (Lipinski definition) is 1. The summed E-state index contributed by atoms with van der Waals surface area (Å²) < 4.78 is 5.89. The number of nitrogens with two attached hydrogens (primary N) is 1. The third kappa shape index (κ3) is 3.24. The van der Waals surface area contributed by atoms with E-state index in [1.54, 1.807) is 0 Å². The minimum atomic E-state index is -0.194.